The predicted molar refractivity (Wildman–Crippen MR) is 71.3 cm³/mol. The molecule has 0 aromatic carbocycles. The number of rotatable bonds is 0. The number of esters is 1. The molecule has 19 heavy (non-hydrogen) atoms. The zero-order chi connectivity index (χ0) is 14.2. The second-order valence-electron chi connectivity index (χ2n) is 5.73. The number of hydrogen-bond donors (Lipinski definition) is 2. The molecule has 0 bridgehead atoms. The molecule has 0 aromatic heterocycles. The Labute approximate surface area is 113 Å². The highest BCUT2D eigenvalue weighted by molar-refractivity contribution is 5.75. The van der Waals surface area contributed by atoms with E-state index in [4.69, 9.17) is 4.74 Å². The van der Waals surface area contributed by atoms with E-state index in [9.17, 15) is 15.0 Å². The molecule has 1 aliphatic carbocycles. The van der Waals surface area contributed by atoms with Crippen molar-refractivity contribution in [2.75, 3.05) is 0 Å². The molecule has 2 rings (SSSR count). The number of hydrogen-bond acceptors (Lipinski definition) is 4. The monoisotopic (exact) mass is 266 g/mol. The highest BCUT2D eigenvalue weighted by Crippen LogP contribution is 2.35. The van der Waals surface area contributed by atoms with Gasteiger partial charge < -0.3 is 14.9 Å². The van der Waals surface area contributed by atoms with Crippen LogP contribution in [0.15, 0.2) is 23.8 Å². The third-order valence-corrected chi connectivity index (χ3v) is 4.36. The summed E-state index contributed by atoms with van der Waals surface area (Å²) in [6.45, 7) is 7.55. The average Bonchev–Trinajstić information content (AvgIpc) is 2.61. The van der Waals surface area contributed by atoms with E-state index in [1.54, 1.807) is 6.92 Å². The fourth-order valence-corrected chi connectivity index (χ4v) is 2.81. The standard InChI is InChI=1S/C15H22O4/c1-8-4-5-11-10(3)15(18)19-14(11)6-9(2)13(17)7-12(8)16/h6,10-14,16-17H,1,4-5,7H2,2-3H3/b9-6+/t10-,11-,12+,13-,14-/m0/s1. The maximum absolute atomic E-state index is 11.7. The highest BCUT2D eigenvalue weighted by atomic mass is 16.6. The summed E-state index contributed by atoms with van der Waals surface area (Å²) in [5.41, 5.74) is 1.46. The fraction of sp³-hybridized carbons (Fsp3) is 0.667. The summed E-state index contributed by atoms with van der Waals surface area (Å²) in [5.74, 6) is -0.230. The third-order valence-electron chi connectivity index (χ3n) is 4.36. The Bertz CT molecular complexity index is 412. The molecule has 1 saturated heterocycles. The maximum Gasteiger partial charge on any atom is 0.309 e. The molecule has 1 fully saturated rings. The van der Waals surface area contributed by atoms with E-state index in [0.29, 0.717) is 6.42 Å². The van der Waals surface area contributed by atoms with Crippen molar-refractivity contribution in [3.8, 4) is 0 Å². The van der Waals surface area contributed by atoms with Crippen molar-refractivity contribution >= 4 is 5.97 Å². The molecule has 1 aliphatic heterocycles. The Morgan fingerprint density at radius 2 is 2.05 bits per heavy atom. The Morgan fingerprint density at radius 1 is 1.37 bits per heavy atom. The Hall–Kier alpha value is -1.13. The molecule has 4 nitrogen and oxygen atoms in total. The van der Waals surface area contributed by atoms with Crippen LogP contribution in [-0.2, 0) is 9.53 Å². The smallest absolute Gasteiger partial charge is 0.309 e. The van der Waals surface area contributed by atoms with Crippen molar-refractivity contribution in [1.82, 2.24) is 0 Å². The molecule has 0 spiro atoms. The van der Waals surface area contributed by atoms with Gasteiger partial charge in [0.15, 0.2) is 0 Å². The Kier molecular flexibility index (Phi) is 4.11. The van der Waals surface area contributed by atoms with Crippen molar-refractivity contribution in [2.45, 2.75) is 51.4 Å². The third kappa shape index (κ3) is 2.90. The minimum absolute atomic E-state index is 0.0942. The second kappa shape index (κ2) is 5.47. The van der Waals surface area contributed by atoms with E-state index in [1.165, 1.54) is 0 Å². The minimum atomic E-state index is -0.722. The summed E-state index contributed by atoms with van der Waals surface area (Å²) in [6.07, 6.45) is 1.83. The van der Waals surface area contributed by atoms with Gasteiger partial charge in [-0.05, 0) is 37.0 Å². The van der Waals surface area contributed by atoms with Gasteiger partial charge >= 0.3 is 5.97 Å². The van der Waals surface area contributed by atoms with E-state index < -0.39 is 12.2 Å². The molecule has 4 heteroatoms. The molecule has 0 unspecified atom stereocenters. The van der Waals surface area contributed by atoms with Gasteiger partial charge in [0.05, 0.1) is 18.1 Å². The number of aliphatic hydroxyl groups is 2. The van der Waals surface area contributed by atoms with E-state index in [2.05, 4.69) is 6.58 Å². The van der Waals surface area contributed by atoms with Crippen LogP contribution in [0.1, 0.15) is 33.1 Å². The van der Waals surface area contributed by atoms with Crippen molar-refractivity contribution in [3.63, 3.8) is 0 Å². The SMILES string of the molecule is C=C1CC[C@@H]2[C@H](/C=C(\C)[C@@H](O)C[C@H]1O)OC(=O)[C@H]2C. The predicted octanol–water partition coefficient (Wildman–Crippen LogP) is 1.57. The summed E-state index contributed by atoms with van der Waals surface area (Å²) in [6, 6.07) is 0. The first-order chi connectivity index (χ1) is 8.90. The Balaban J connectivity index is 2.27. The van der Waals surface area contributed by atoms with Gasteiger partial charge in [-0.2, -0.15) is 0 Å². The van der Waals surface area contributed by atoms with Crippen LogP contribution in [-0.4, -0.2) is 34.5 Å². The topological polar surface area (TPSA) is 66.8 Å². The zero-order valence-electron chi connectivity index (χ0n) is 11.5. The number of ether oxygens (including phenoxy) is 1. The van der Waals surface area contributed by atoms with Crippen LogP contribution in [0.25, 0.3) is 0 Å². The Morgan fingerprint density at radius 3 is 2.74 bits per heavy atom. The lowest BCUT2D eigenvalue weighted by Crippen LogP contribution is -2.26. The first-order valence-corrected chi connectivity index (χ1v) is 6.82. The fourth-order valence-electron chi connectivity index (χ4n) is 2.81. The first kappa shape index (κ1) is 14.3. The van der Waals surface area contributed by atoms with Crippen LogP contribution in [0.2, 0.25) is 0 Å². The van der Waals surface area contributed by atoms with Crippen LogP contribution >= 0.6 is 0 Å². The van der Waals surface area contributed by atoms with Gasteiger partial charge in [-0.25, -0.2) is 0 Å². The molecule has 0 radical (unpaired) electrons. The van der Waals surface area contributed by atoms with Crippen LogP contribution in [0.5, 0.6) is 0 Å². The molecule has 106 valence electrons. The average molecular weight is 266 g/mol. The minimum Gasteiger partial charge on any atom is -0.458 e. The number of carbonyl (C=O) groups excluding carboxylic acids is 1. The summed E-state index contributed by atoms with van der Waals surface area (Å²) >= 11 is 0. The van der Waals surface area contributed by atoms with Crippen molar-refractivity contribution in [2.24, 2.45) is 11.8 Å². The van der Waals surface area contributed by atoms with Crippen molar-refractivity contribution in [1.29, 1.82) is 0 Å². The number of fused-ring (bicyclic) bond motifs is 1. The zero-order valence-corrected chi connectivity index (χ0v) is 11.5. The highest BCUT2D eigenvalue weighted by Gasteiger charge is 2.41. The van der Waals surface area contributed by atoms with Crippen LogP contribution in [0, 0.1) is 11.8 Å². The molecular weight excluding hydrogens is 244 g/mol. The molecule has 2 aliphatic rings. The van der Waals surface area contributed by atoms with Crippen LogP contribution in [0.4, 0.5) is 0 Å². The molecule has 0 amide bonds. The largest absolute Gasteiger partial charge is 0.458 e. The normalized spacial score (nSPS) is 43.2. The van der Waals surface area contributed by atoms with Gasteiger partial charge in [-0.3, -0.25) is 4.79 Å². The molecule has 2 N–H and O–H groups in total. The lowest BCUT2D eigenvalue weighted by Gasteiger charge is -2.24. The van der Waals surface area contributed by atoms with Crippen molar-refractivity contribution < 1.29 is 19.7 Å². The molecule has 0 saturated carbocycles. The first-order valence-electron chi connectivity index (χ1n) is 6.82. The van der Waals surface area contributed by atoms with Gasteiger partial charge in [0, 0.05) is 12.3 Å². The van der Waals surface area contributed by atoms with Crippen molar-refractivity contribution in [3.05, 3.63) is 23.8 Å². The maximum atomic E-state index is 11.7. The number of aliphatic hydroxyl groups excluding tert-OH is 2. The lowest BCUT2D eigenvalue weighted by molar-refractivity contribution is -0.142. The summed E-state index contributed by atoms with van der Waals surface area (Å²) < 4.78 is 5.37. The van der Waals surface area contributed by atoms with Gasteiger partial charge in [0.1, 0.15) is 6.10 Å². The van der Waals surface area contributed by atoms with E-state index in [-0.39, 0.29) is 30.3 Å². The van der Waals surface area contributed by atoms with E-state index in [0.717, 1.165) is 17.6 Å². The summed E-state index contributed by atoms with van der Waals surface area (Å²) in [4.78, 5) is 11.7. The van der Waals surface area contributed by atoms with Gasteiger partial charge in [0.2, 0.25) is 0 Å². The molecular formula is C15H22O4. The lowest BCUT2D eigenvalue weighted by atomic mass is 9.83. The summed E-state index contributed by atoms with van der Waals surface area (Å²) in [5, 5.41) is 20.0. The quantitative estimate of drug-likeness (QED) is 0.516. The molecule has 1 heterocycles. The molecule has 0 aromatic rings. The van der Waals surface area contributed by atoms with Crippen LogP contribution in [0.3, 0.4) is 0 Å². The van der Waals surface area contributed by atoms with Gasteiger partial charge in [-0.15, -0.1) is 0 Å². The van der Waals surface area contributed by atoms with E-state index >= 15 is 0 Å². The number of carbonyl (C=O) groups is 1. The molecule has 5 atom stereocenters. The van der Waals surface area contributed by atoms with Crippen LogP contribution < -0.4 is 0 Å². The van der Waals surface area contributed by atoms with E-state index in [1.807, 2.05) is 13.0 Å². The summed E-state index contributed by atoms with van der Waals surface area (Å²) in [7, 11) is 0. The van der Waals surface area contributed by atoms with Gasteiger partial charge in [-0.1, -0.05) is 13.5 Å². The second-order valence-corrected chi connectivity index (χ2v) is 5.73. The van der Waals surface area contributed by atoms with Gasteiger partial charge in [0.25, 0.3) is 0 Å².